The Morgan fingerprint density at radius 1 is 1.35 bits per heavy atom. The van der Waals surface area contributed by atoms with Crippen LogP contribution in [0.3, 0.4) is 0 Å². The summed E-state index contributed by atoms with van der Waals surface area (Å²) in [6.45, 7) is 4.80. The maximum absolute atomic E-state index is 13.8. The van der Waals surface area contributed by atoms with Crippen molar-refractivity contribution in [3.8, 4) is 0 Å². The number of halogens is 1. The number of carbonyl (C=O) groups excluding carboxylic acids is 1. The number of carbonyl (C=O) groups is 1. The maximum atomic E-state index is 13.8. The van der Waals surface area contributed by atoms with Crippen molar-refractivity contribution in [3.63, 3.8) is 0 Å². The average molecular weight is 303 g/mol. The van der Waals surface area contributed by atoms with Gasteiger partial charge in [0.05, 0.1) is 0 Å². The normalized spacial score (nSPS) is 13.4. The fourth-order valence-electron chi connectivity index (χ4n) is 1.63. The number of amides is 1. The predicted octanol–water partition coefficient (Wildman–Crippen LogP) is 0.505. The quantitative estimate of drug-likeness (QED) is 0.687. The second kappa shape index (κ2) is 5.76. The minimum Gasteiger partial charge on any atom is -0.398 e. The number of anilines is 1. The van der Waals surface area contributed by atoms with Gasteiger partial charge >= 0.3 is 0 Å². The Labute approximate surface area is 117 Å². The number of rotatable bonds is 5. The first-order chi connectivity index (χ1) is 9.06. The molecule has 0 aliphatic heterocycles. The van der Waals surface area contributed by atoms with Crippen molar-refractivity contribution in [2.24, 2.45) is 11.7 Å². The number of nitrogens with one attached hydrogen (secondary N) is 1. The van der Waals surface area contributed by atoms with Crippen LogP contribution < -0.4 is 16.2 Å². The van der Waals surface area contributed by atoms with Crippen LogP contribution in [-0.2, 0) is 14.8 Å². The second-order valence-corrected chi connectivity index (χ2v) is 6.57. The summed E-state index contributed by atoms with van der Waals surface area (Å²) >= 11 is 0. The number of aryl methyl sites for hydroxylation is 1. The molecule has 0 heterocycles. The summed E-state index contributed by atoms with van der Waals surface area (Å²) in [7, 11) is -4.23. The van der Waals surface area contributed by atoms with Crippen LogP contribution in [0.1, 0.15) is 19.4 Å². The van der Waals surface area contributed by atoms with Crippen LogP contribution in [-0.4, -0.2) is 20.4 Å². The highest BCUT2D eigenvalue weighted by molar-refractivity contribution is 7.89. The van der Waals surface area contributed by atoms with Gasteiger partial charge in [-0.15, -0.1) is 0 Å². The molecule has 1 amide bonds. The van der Waals surface area contributed by atoms with E-state index in [-0.39, 0.29) is 11.6 Å². The zero-order valence-electron chi connectivity index (χ0n) is 11.5. The Hall–Kier alpha value is -1.67. The summed E-state index contributed by atoms with van der Waals surface area (Å²) in [5, 5.41) is 0. The van der Waals surface area contributed by atoms with Crippen LogP contribution in [0.4, 0.5) is 10.1 Å². The minimum absolute atomic E-state index is 0.145. The number of nitrogen functional groups attached to an aromatic ring is 1. The SMILES string of the molecule is Cc1cc(F)c(S(=O)(=O)NC(C(N)=O)C(C)C)cc1N. The third-order valence-electron chi connectivity index (χ3n) is 2.87. The van der Waals surface area contributed by atoms with Gasteiger partial charge in [-0.1, -0.05) is 13.8 Å². The third kappa shape index (κ3) is 3.45. The van der Waals surface area contributed by atoms with E-state index in [4.69, 9.17) is 11.5 Å². The third-order valence-corrected chi connectivity index (χ3v) is 4.32. The first kappa shape index (κ1) is 16.4. The lowest BCUT2D eigenvalue weighted by Gasteiger charge is -2.19. The molecule has 0 spiro atoms. The summed E-state index contributed by atoms with van der Waals surface area (Å²) < 4.78 is 40.1. The number of primary amides is 1. The molecule has 1 aromatic rings. The van der Waals surface area contributed by atoms with Crippen molar-refractivity contribution < 1.29 is 17.6 Å². The smallest absolute Gasteiger partial charge is 0.244 e. The van der Waals surface area contributed by atoms with Crippen LogP contribution in [0.15, 0.2) is 17.0 Å². The monoisotopic (exact) mass is 303 g/mol. The van der Waals surface area contributed by atoms with Crippen LogP contribution in [0.25, 0.3) is 0 Å². The van der Waals surface area contributed by atoms with E-state index >= 15 is 0 Å². The number of hydrogen-bond donors (Lipinski definition) is 3. The van der Waals surface area contributed by atoms with Gasteiger partial charge in [0, 0.05) is 5.69 Å². The van der Waals surface area contributed by atoms with E-state index in [0.717, 1.165) is 12.1 Å². The van der Waals surface area contributed by atoms with Gasteiger partial charge in [-0.3, -0.25) is 4.79 Å². The van der Waals surface area contributed by atoms with E-state index in [9.17, 15) is 17.6 Å². The first-order valence-electron chi connectivity index (χ1n) is 5.93. The Morgan fingerprint density at radius 3 is 2.35 bits per heavy atom. The van der Waals surface area contributed by atoms with Gasteiger partial charge in [-0.2, -0.15) is 4.72 Å². The number of sulfonamides is 1. The highest BCUT2D eigenvalue weighted by Crippen LogP contribution is 2.22. The van der Waals surface area contributed by atoms with Crippen molar-refractivity contribution in [2.75, 3.05) is 5.73 Å². The molecular weight excluding hydrogens is 285 g/mol. The largest absolute Gasteiger partial charge is 0.398 e. The summed E-state index contributed by atoms with van der Waals surface area (Å²) in [6.07, 6.45) is 0. The molecule has 0 saturated carbocycles. The van der Waals surface area contributed by atoms with E-state index in [1.54, 1.807) is 20.8 Å². The summed E-state index contributed by atoms with van der Waals surface area (Å²) in [4.78, 5) is 10.6. The van der Waals surface area contributed by atoms with Crippen LogP contribution in [0.2, 0.25) is 0 Å². The van der Waals surface area contributed by atoms with Gasteiger partial charge in [0.2, 0.25) is 15.9 Å². The fourth-order valence-corrected chi connectivity index (χ4v) is 3.08. The molecule has 1 unspecified atom stereocenters. The molecule has 0 aliphatic carbocycles. The van der Waals surface area contributed by atoms with Gasteiger partial charge in [-0.05, 0) is 30.5 Å². The summed E-state index contributed by atoms with van der Waals surface area (Å²) in [6, 6.07) is 0.922. The molecule has 6 nitrogen and oxygen atoms in total. The molecule has 1 aromatic carbocycles. The van der Waals surface area contributed by atoms with E-state index in [2.05, 4.69) is 4.72 Å². The van der Waals surface area contributed by atoms with Crippen molar-refractivity contribution in [1.82, 2.24) is 4.72 Å². The molecule has 20 heavy (non-hydrogen) atoms. The first-order valence-corrected chi connectivity index (χ1v) is 7.42. The maximum Gasteiger partial charge on any atom is 0.244 e. The second-order valence-electron chi connectivity index (χ2n) is 4.88. The lowest BCUT2D eigenvalue weighted by molar-refractivity contribution is -0.120. The van der Waals surface area contributed by atoms with Crippen LogP contribution >= 0.6 is 0 Å². The molecule has 0 fully saturated rings. The van der Waals surface area contributed by atoms with E-state index in [1.807, 2.05) is 0 Å². The van der Waals surface area contributed by atoms with E-state index < -0.39 is 32.7 Å². The van der Waals surface area contributed by atoms with Crippen molar-refractivity contribution in [1.29, 1.82) is 0 Å². The lowest BCUT2D eigenvalue weighted by atomic mass is 10.1. The van der Waals surface area contributed by atoms with Crippen molar-refractivity contribution in [2.45, 2.75) is 31.7 Å². The van der Waals surface area contributed by atoms with Gasteiger partial charge in [0.15, 0.2) is 0 Å². The zero-order chi connectivity index (χ0) is 15.7. The Bertz CT molecular complexity index is 629. The Morgan fingerprint density at radius 2 is 1.90 bits per heavy atom. The van der Waals surface area contributed by atoms with Crippen molar-refractivity contribution >= 4 is 21.6 Å². The number of nitrogens with two attached hydrogens (primary N) is 2. The van der Waals surface area contributed by atoms with Gasteiger partial charge in [-0.25, -0.2) is 12.8 Å². The molecule has 0 bridgehead atoms. The van der Waals surface area contributed by atoms with Crippen molar-refractivity contribution in [3.05, 3.63) is 23.5 Å². The molecule has 1 rings (SSSR count). The highest BCUT2D eigenvalue weighted by Gasteiger charge is 2.28. The van der Waals surface area contributed by atoms with Gasteiger partial charge in [0.25, 0.3) is 0 Å². The number of hydrogen-bond acceptors (Lipinski definition) is 4. The molecule has 0 aliphatic rings. The Kier molecular flexibility index (Phi) is 4.72. The molecule has 8 heteroatoms. The molecule has 0 radical (unpaired) electrons. The summed E-state index contributed by atoms with van der Waals surface area (Å²) in [5.74, 6) is -2.13. The molecule has 0 saturated heterocycles. The minimum atomic E-state index is -4.23. The van der Waals surface area contributed by atoms with E-state index in [1.165, 1.54) is 0 Å². The molecule has 112 valence electrons. The van der Waals surface area contributed by atoms with E-state index in [0.29, 0.717) is 5.56 Å². The fraction of sp³-hybridized carbons (Fsp3) is 0.417. The van der Waals surface area contributed by atoms with Crippen LogP contribution in [0.5, 0.6) is 0 Å². The summed E-state index contributed by atoms with van der Waals surface area (Å²) in [5.41, 5.74) is 11.3. The molecule has 0 aromatic heterocycles. The lowest BCUT2D eigenvalue weighted by Crippen LogP contribution is -2.47. The molecule has 1 atom stereocenters. The zero-order valence-corrected chi connectivity index (χ0v) is 12.3. The standard InChI is InChI=1S/C12H18FN3O3S/c1-6(2)11(12(15)17)16-20(18,19)10-5-9(14)7(3)4-8(10)13/h4-6,11,16H,14H2,1-3H3,(H2,15,17). The molecule has 5 N–H and O–H groups in total. The molecular formula is C12H18FN3O3S. The average Bonchev–Trinajstić information content (AvgIpc) is 2.30. The number of benzene rings is 1. The van der Waals surface area contributed by atoms with Gasteiger partial charge in [0.1, 0.15) is 16.8 Å². The predicted molar refractivity (Wildman–Crippen MR) is 73.7 cm³/mol. The topological polar surface area (TPSA) is 115 Å². The Balaban J connectivity index is 3.24. The van der Waals surface area contributed by atoms with Crippen LogP contribution in [0, 0.1) is 18.7 Å². The van der Waals surface area contributed by atoms with Gasteiger partial charge < -0.3 is 11.5 Å². The highest BCUT2D eigenvalue weighted by atomic mass is 32.2.